The average Bonchev–Trinajstić information content (AvgIpc) is 3.17. The summed E-state index contributed by atoms with van der Waals surface area (Å²) >= 11 is 0. The highest BCUT2D eigenvalue weighted by atomic mass is 19.4. The Morgan fingerprint density at radius 1 is 0.968 bits per heavy atom. The van der Waals surface area contributed by atoms with Gasteiger partial charge in [0.2, 0.25) is 5.91 Å². The summed E-state index contributed by atoms with van der Waals surface area (Å²) in [4.78, 5) is 13.0. The number of alkyl halides is 3. The van der Waals surface area contributed by atoms with Gasteiger partial charge in [-0.05, 0) is 35.9 Å². The predicted octanol–water partition coefficient (Wildman–Crippen LogP) is 4.22. The van der Waals surface area contributed by atoms with Crippen LogP contribution in [-0.4, -0.2) is 20.5 Å². The Kier molecular flexibility index (Phi) is 5.68. The number of hydrogen-bond acceptors (Lipinski definition) is 4. The van der Waals surface area contributed by atoms with E-state index in [0.717, 1.165) is 12.1 Å². The van der Waals surface area contributed by atoms with Gasteiger partial charge in [0.25, 0.3) is 0 Å². The average molecular weight is 425 g/mol. The van der Waals surface area contributed by atoms with Crippen molar-refractivity contribution in [3.05, 3.63) is 95.9 Å². The van der Waals surface area contributed by atoms with Crippen molar-refractivity contribution in [1.29, 1.82) is 0 Å². The van der Waals surface area contributed by atoms with Gasteiger partial charge in [-0.2, -0.15) is 13.2 Å². The zero-order valence-corrected chi connectivity index (χ0v) is 16.2. The molecule has 2 aromatic heterocycles. The third-order valence-corrected chi connectivity index (χ3v) is 4.70. The predicted molar refractivity (Wildman–Crippen MR) is 109 cm³/mol. The van der Waals surface area contributed by atoms with Crippen LogP contribution in [0.15, 0.2) is 79.0 Å². The Morgan fingerprint density at radius 3 is 2.52 bits per heavy atom. The van der Waals surface area contributed by atoms with E-state index in [9.17, 15) is 18.0 Å². The number of nitrogens with one attached hydrogen (secondary N) is 2. The van der Waals surface area contributed by atoms with E-state index in [-0.39, 0.29) is 12.2 Å². The molecule has 0 fully saturated rings. The van der Waals surface area contributed by atoms with Gasteiger partial charge in [-0.1, -0.05) is 42.5 Å². The first-order valence-corrected chi connectivity index (χ1v) is 9.47. The van der Waals surface area contributed by atoms with Gasteiger partial charge in [-0.3, -0.25) is 14.5 Å². The first-order chi connectivity index (χ1) is 14.9. The quantitative estimate of drug-likeness (QED) is 0.485. The van der Waals surface area contributed by atoms with Crippen molar-refractivity contribution in [3.8, 4) is 0 Å². The van der Waals surface area contributed by atoms with Crippen LogP contribution >= 0.6 is 0 Å². The van der Waals surface area contributed by atoms with E-state index < -0.39 is 23.7 Å². The van der Waals surface area contributed by atoms with Crippen molar-refractivity contribution in [3.63, 3.8) is 0 Å². The van der Waals surface area contributed by atoms with Gasteiger partial charge in [-0.25, -0.2) is 0 Å². The van der Waals surface area contributed by atoms with Crippen molar-refractivity contribution in [1.82, 2.24) is 19.9 Å². The fourth-order valence-corrected chi connectivity index (χ4v) is 3.20. The molecular formula is C22H18F3N5O. The van der Waals surface area contributed by atoms with Crippen LogP contribution in [0.2, 0.25) is 0 Å². The summed E-state index contributed by atoms with van der Waals surface area (Å²) in [7, 11) is 0. The molecule has 158 valence electrons. The van der Waals surface area contributed by atoms with Crippen LogP contribution in [-0.2, 0) is 17.5 Å². The van der Waals surface area contributed by atoms with Crippen molar-refractivity contribution < 1.29 is 18.0 Å². The van der Waals surface area contributed by atoms with Crippen LogP contribution in [0.3, 0.4) is 0 Å². The van der Waals surface area contributed by atoms with Crippen LogP contribution in [0.25, 0.3) is 5.65 Å². The van der Waals surface area contributed by atoms with Crippen LogP contribution in [0.1, 0.15) is 23.0 Å². The molecule has 2 N–H and O–H groups in total. The third-order valence-electron chi connectivity index (χ3n) is 4.70. The second-order valence-corrected chi connectivity index (χ2v) is 6.84. The number of nitrogens with zero attached hydrogens (tertiary/aromatic N) is 3. The molecule has 9 heteroatoms. The molecule has 2 heterocycles. The van der Waals surface area contributed by atoms with Crippen LogP contribution in [0, 0.1) is 0 Å². The van der Waals surface area contributed by atoms with E-state index in [4.69, 9.17) is 0 Å². The van der Waals surface area contributed by atoms with Gasteiger partial charge in [0, 0.05) is 11.9 Å². The minimum absolute atomic E-state index is 0.0653. The summed E-state index contributed by atoms with van der Waals surface area (Å²) in [6, 6.07) is 18.1. The SMILES string of the molecule is O=C(Nc1cccc(C(F)(F)F)c1)[C@H](NCc1nnc2ccccn12)c1ccccc1. The van der Waals surface area contributed by atoms with Crippen molar-refractivity contribution >= 4 is 17.2 Å². The summed E-state index contributed by atoms with van der Waals surface area (Å²) in [5.41, 5.74) is 0.574. The minimum atomic E-state index is -4.49. The van der Waals surface area contributed by atoms with E-state index >= 15 is 0 Å². The lowest BCUT2D eigenvalue weighted by Gasteiger charge is -2.19. The van der Waals surface area contributed by atoms with Crippen LogP contribution in [0.5, 0.6) is 0 Å². The third kappa shape index (κ3) is 4.72. The second-order valence-electron chi connectivity index (χ2n) is 6.84. The van der Waals surface area contributed by atoms with E-state index in [2.05, 4.69) is 20.8 Å². The normalized spacial score (nSPS) is 12.6. The summed E-state index contributed by atoms with van der Waals surface area (Å²) in [5.74, 6) is 0.114. The highest BCUT2D eigenvalue weighted by Gasteiger charge is 2.30. The molecule has 4 aromatic rings. The van der Waals surface area contributed by atoms with Crippen molar-refractivity contribution in [2.75, 3.05) is 5.32 Å². The number of amides is 1. The Morgan fingerprint density at radius 2 is 1.74 bits per heavy atom. The summed E-state index contributed by atoms with van der Waals surface area (Å²) in [6.07, 6.45) is -2.68. The molecule has 0 radical (unpaired) electrons. The molecule has 0 saturated carbocycles. The van der Waals surface area contributed by atoms with Gasteiger partial charge in [0.1, 0.15) is 6.04 Å². The van der Waals surface area contributed by atoms with E-state index in [1.807, 2.05) is 30.5 Å². The summed E-state index contributed by atoms with van der Waals surface area (Å²) in [5, 5.41) is 13.9. The number of fused-ring (bicyclic) bond motifs is 1. The number of aromatic nitrogens is 3. The first kappa shape index (κ1) is 20.5. The Hall–Kier alpha value is -3.72. The van der Waals surface area contributed by atoms with Crippen LogP contribution in [0.4, 0.5) is 18.9 Å². The molecule has 0 saturated heterocycles. The molecule has 0 aliphatic rings. The van der Waals surface area contributed by atoms with Gasteiger partial charge >= 0.3 is 6.18 Å². The van der Waals surface area contributed by atoms with Gasteiger partial charge in [0.15, 0.2) is 11.5 Å². The summed E-state index contributed by atoms with van der Waals surface area (Å²) in [6.45, 7) is 0.223. The molecule has 0 aliphatic carbocycles. The maximum atomic E-state index is 13.0. The number of rotatable bonds is 6. The van der Waals surface area contributed by atoms with E-state index in [0.29, 0.717) is 17.0 Å². The van der Waals surface area contributed by atoms with Gasteiger partial charge < -0.3 is 5.32 Å². The number of hydrogen-bond donors (Lipinski definition) is 2. The molecule has 0 aliphatic heterocycles. The number of anilines is 1. The second kappa shape index (κ2) is 8.57. The van der Waals surface area contributed by atoms with Crippen molar-refractivity contribution in [2.45, 2.75) is 18.8 Å². The molecular weight excluding hydrogens is 407 g/mol. The maximum Gasteiger partial charge on any atom is 0.416 e. The number of carbonyl (C=O) groups is 1. The fourth-order valence-electron chi connectivity index (χ4n) is 3.20. The standard InChI is InChI=1S/C22H18F3N5O/c23-22(24,25)16-9-6-10-17(13-16)27-21(31)20(15-7-2-1-3-8-15)26-14-19-29-28-18-11-4-5-12-30(18)19/h1-13,20,26H,14H2,(H,27,31)/t20-/m1/s1. The Bertz CT molecular complexity index is 1190. The van der Waals surface area contributed by atoms with E-state index in [1.165, 1.54) is 12.1 Å². The minimum Gasteiger partial charge on any atom is -0.324 e. The molecule has 0 unspecified atom stereocenters. The molecule has 31 heavy (non-hydrogen) atoms. The fraction of sp³-hybridized carbons (Fsp3) is 0.136. The lowest BCUT2D eigenvalue weighted by molar-refractivity contribution is -0.137. The monoisotopic (exact) mass is 425 g/mol. The molecule has 6 nitrogen and oxygen atoms in total. The number of pyridine rings is 1. The van der Waals surface area contributed by atoms with Gasteiger partial charge in [0.05, 0.1) is 12.1 Å². The van der Waals surface area contributed by atoms with Crippen molar-refractivity contribution in [2.24, 2.45) is 0 Å². The Labute approximate surface area is 175 Å². The Balaban J connectivity index is 1.56. The molecule has 4 rings (SSSR count). The topological polar surface area (TPSA) is 71.3 Å². The molecule has 1 amide bonds. The van der Waals surface area contributed by atoms with E-state index in [1.54, 1.807) is 28.7 Å². The summed E-state index contributed by atoms with van der Waals surface area (Å²) < 4.78 is 40.8. The molecule has 0 bridgehead atoms. The van der Waals surface area contributed by atoms with Gasteiger partial charge in [-0.15, -0.1) is 10.2 Å². The molecule has 1 atom stereocenters. The highest BCUT2D eigenvalue weighted by molar-refractivity contribution is 5.95. The number of benzene rings is 2. The smallest absolute Gasteiger partial charge is 0.324 e. The number of carbonyl (C=O) groups excluding carboxylic acids is 1. The molecule has 2 aromatic carbocycles. The first-order valence-electron chi connectivity index (χ1n) is 9.47. The number of halogens is 3. The zero-order valence-electron chi connectivity index (χ0n) is 16.2. The zero-order chi connectivity index (χ0) is 21.8. The van der Waals surface area contributed by atoms with Crippen LogP contribution < -0.4 is 10.6 Å². The lowest BCUT2D eigenvalue weighted by atomic mass is 10.1. The maximum absolute atomic E-state index is 13.0. The largest absolute Gasteiger partial charge is 0.416 e. The highest BCUT2D eigenvalue weighted by Crippen LogP contribution is 2.31. The lowest BCUT2D eigenvalue weighted by Crippen LogP contribution is -2.33. The molecule has 0 spiro atoms.